The Morgan fingerprint density at radius 1 is 1.00 bits per heavy atom. The lowest BCUT2D eigenvalue weighted by atomic mass is 10.3. The van der Waals surface area contributed by atoms with Gasteiger partial charge in [-0.2, -0.15) is 0 Å². The maximum Gasteiger partial charge on any atom is 0.273 e. The molecule has 0 atom stereocenters. The largest absolute Gasteiger partial charge is 0.395 e. The van der Waals surface area contributed by atoms with Crippen LogP contribution in [0.25, 0.3) is 0 Å². The van der Waals surface area contributed by atoms with Crippen LogP contribution in [-0.2, 0) is 0 Å². The molecule has 110 valence electrons. The van der Waals surface area contributed by atoms with Crippen LogP contribution in [0.4, 0.5) is 0 Å². The third-order valence-corrected chi connectivity index (χ3v) is 2.64. The Kier molecular flexibility index (Phi) is 6.01. The summed E-state index contributed by atoms with van der Waals surface area (Å²) in [6, 6.07) is 0. The molecule has 0 bridgehead atoms. The van der Waals surface area contributed by atoms with E-state index in [0.717, 1.165) is 0 Å². The molecule has 8 nitrogen and oxygen atoms in total. The molecule has 20 heavy (non-hydrogen) atoms. The second-order valence-electron chi connectivity index (χ2n) is 4.19. The average Bonchev–Trinajstić information content (AvgIpc) is 2.46. The van der Waals surface area contributed by atoms with Gasteiger partial charge in [0, 0.05) is 27.2 Å². The first-order chi connectivity index (χ1) is 9.51. The smallest absolute Gasteiger partial charge is 0.273 e. The van der Waals surface area contributed by atoms with Crippen LogP contribution in [0, 0.1) is 0 Å². The highest BCUT2D eigenvalue weighted by Crippen LogP contribution is 2.03. The third kappa shape index (κ3) is 3.97. The zero-order valence-corrected chi connectivity index (χ0v) is 11.5. The van der Waals surface area contributed by atoms with E-state index in [1.165, 1.54) is 36.3 Å². The van der Waals surface area contributed by atoms with Crippen LogP contribution in [0.15, 0.2) is 12.4 Å². The minimum atomic E-state index is -0.425. The number of hydrogen-bond donors (Lipinski definition) is 2. The summed E-state index contributed by atoms with van der Waals surface area (Å²) in [5.41, 5.74) is 0.0633. The fourth-order valence-electron chi connectivity index (χ4n) is 1.47. The molecule has 1 aromatic heterocycles. The highest BCUT2D eigenvalue weighted by Gasteiger charge is 2.18. The SMILES string of the molecule is CN(CCO)C(=O)c1cncc(C(=O)N(C)CCO)n1. The summed E-state index contributed by atoms with van der Waals surface area (Å²) < 4.78 is 0. The fraction of sp³-hybridized carbons (Fsp3) is 0.500. The van der Waals surface area contributed by atoms with Crippen LogP contribution in [0.3, 0.4) is 0 Å². The first-order valence-corrected chi connectivity index (χ1v) is 6.06. The van der Waals surface area contributed by atoms with E-state index in [0.29, 0.717) is 0 Å². The molecule has 0 saturated carbocycles. The van der Waals surface area contributed by atoms with Gasteiger partial charge in [-0.05, 0) is 0 Å². The van der Waals surface area contributed by atoms with Gasteiger partial charge in [-0.25, -0.2) is 4.98 Å². The molecule has 1 rings (SSSR count). The van der Waals surface area contributed by atoms with Crippen molar-refractivity contribution in [3.8, 4) is 0 Å². The Morgan fingerprint density at radius 3 is 1.75 bits per heavy atom. The molecule has 0 aromatic carbocycles. The Balaban J connectivity index is 2.90. The van der Waals surface area contributed by atoms with Crippen molar-refractivity contribution in [1.29, 1.82) is 0 Å². The van der Waals surface area contributed by atoms with Gasteiger partial charge < -0.3 is 20.0 Å². The first-order valence-electron chi connectivity index (χ1n) is 6.06. The quantitative estimate of drug-likeness (QED) is 0.665. The van der Waals surface area contributed by atoms with Crippen LogP contribution in [0.1, 0.15) is 21.0 Å². The van der Waals surface area contributed by atoms with Gasteiger partial charge in [0.05, 0.1) is 25.6 Å². The Bertz CT molecular complexity index is 441. The number of nitrogens with zero attached hydrogens (tertiary/aromatic N) is 4. The van der Waals surface area contributed by atoms with Crippen LogP contribution in [-0.4, -0.2) is 82.2 Å². The van der Waals surface area contributed by atoms with Crippen molar-refractivity contribution in [2.24, 2.45) is 0 Å². The number of hydrogen-bond acceptors (Lipinski definition) is 6. The minimum Gasteiger partial charge on any atom is -0.395 e. The van der Waals surface area contributed by atoms with Crippen LogP contribution < -0.4 is 0 Å². The summed E-state index contributed by atoms with van der Waals surface area (Å²) in [6.45, 7) is 0.0211. The molecule has 8 heteroatoms. The molecule has 0 aliphatic carbocycles. The number of aliphatic hydroxyl groups excluding tert-OH is 2. The second kappa shape index (κ2) is 7.51. The van der Waals surface area contributed by atoms with E-state index < -0.39 is 11.8 Å². The van der Waals surface area contributed by atoms with Crippen molar-refractivity contribution in [3.05, 3.63) is 23.8 Å². The summed E-state index contributed by atoms with van der Waals surface area (Å²) in [4.78, 5) is 34.3. The number of rotatable bonds is 6. The maximum atomic E-state index is 12.0. The molecule has 2 amide bonds. The normalized spacial score (nSPS) is 10.2. The Labute approximate surface area is 116 Å². The molecule has 0 spiro atoms. The van der Waals surface area contributed by atoms with E-state index in [2.05, 4.69) is 9.97 Å². The van der Waals surface area contributed by atoms with Crippen molar-refractivity contribution in [1.82, 2.24) is 19.8 Å². The lowest BCUT2D eigenvalue weighted by Gasteiger charge is -2.17. The van der Waals surface area contributed by atoms with E-state index in [1.807, 2.05) is 0 Å². The van der Waals surface area contributed by atoms with Gasteiger partial charge in [0.1, 0.15) is 11.4 Å². The third-order valence-electron chi connectivity index (χ3n) is 2.64. The minimum absolute atomic E-state index is 0.0317. The standard InChI is InChI=1S/C12H18N4O4/c1-15(3-5-17)11(19)9-7-13-8-10(14-9)12(20)16(2)4-6-18/h7-8,17-18H,3-6H2,1-2H3. The lowest BCUT2D eigenvalue weighted by molar-refractivity contribution is 0.0751. The predicted molar refractivity (Wildman–Crippen MR) is 70.1 cm³/mol. The molecule has 0 radical (unpaired) electrons. The number of aromatic nitrogens is 2. The van der Waals surface area contributed by atoms with Crippen LogP contribution in [0.5, 0.6) is 0 Å². The van der Waals surface area contributed by atoms with Crippen molar-refractivity contribution in [2.75, 3.05) is 40.4 Å². The van der Waals surface area contributed by atoms with Crippen LogP contribution in [0.2, 0.25) is 0 Å². The molecular weight excluding hydrogens is 264 g/mol. The summed E-state index contributed by atoms with van der Waals surface area (Å²) >= 11 is 0. The van der Waals surface area contributed by atoms with E-state index in [1.54, 1.807) is 0 Å². The van der Waals surface area contributed by atoms with Gasteiger partial charge in [-0.1, -0.05) is 0 Å². The summed E-state index contributed by atoms with van der Waals surface area (Å²) in [5.74, 6) is -0.850. The van der Waals surface area contributed by atoms with Crippen molar-refractivity contribution >= 4 is 11.8 Å². The van der Waals surface area contributed by atoms with Gasteiger partial charge in [-0.15, -0.1) is 0 Å². The van der Waals surface area contributed by atoms with Gasteiger partial charge >= 0.3 is 0 Å². The lowest BCUT2D eigenvalue weighted by Crippen LogP contribution is -2.33. The van der Waals surface area contributed by atoms with Crippen molar-refractivity contribution in [2.45, 2.75) is 0 Å². The number of amides is 2. The number of aliphatic hydroxyl groups is 2. The van der Waals surface area contributed by atoms with Crippen molar-refractivity contribution < 1.29 is 19.8 Å². The zero-order valence-electron chi connectivity index (χ0n) is 11.5. The van der Waals surface area contributed by atoms with Gasteiger partial charge in [0.25, 0.3) is 11.8 Å². The van der Waals surface area contributed by atoms with E-state index in [-0.39, 0.29) is 37.7 Å². The molecule has 0 unspecified atom stereocenters. The number of carbonyl (C=O) groups is 2. The molecule has 0 fully saturated rings. The molecule has 0 aliphatic rings. The predicted octanol–water partition coefficient (Wildman–Crippen LogP) is -1.39. The van der Waals surface area contributed by atoms with Gasteiger partial charge in [0.15, 0.2) is 0 Å². The van der Waals surface area contributed by atoms with E-state index >= 15 is 0 Å². The summed E-state index contributed by atoms with van der Waals surface area (Å²) in [5, 5.41) is 17.6. The first kappa shape index (κ1) is 16.0. The average molecular weight is 282 g/mol. The molecule has 2 N–H and O–H groups in total. The van der Waals surface area contributed by atoms with Crippen molar-refractivity contribution in [3.63, 3.8) is 0 Å². The van der Waals surface area contributed by atoms with E-state index in [9.17, 15) is 9.59 Å². The van der Waals surface area contributed by atoms with Gasteiger partial charge in [0.2, 0.25) is 0 Å². The molecular formula is C12H18N4O4. The number of likely N-dealkylation sites (N-methyl/N-ethyl adjacent to an activating group) is 2. The summed E-state index contributed by atoms with van der Waals surface area (Å²) in [7, 11) is 3.04. The molecule has 0 aliphatic heterocycles. The van der Waals surface area contributed by atoms with Crippen LogP contribution >= 0.6 is 0 Å². The topological polar surface area (TPSA) is 107 Å². The monoisotopic (exact) mass is 282 g/mol. The maximum absolute atomic E-state index is 12.0. The number of carbonyl (C=O) groups excluding carboxylic acids is 2. The molecule has 0 saturated heterocycles. The zero-order chi connectivity index (χ0) is 15.1. The molecule has 1 heterocycles. The molecule has 1 aromatic rings. The second-order valence-corrected chi connectivity index (χ2v) is 4.19. The summed E-state index contributed by atoms with van der Waals surface area (Å²) in [6.07, 6.45) is 2.53. The highest BCUT2D eigenvalue weighted by atomic mass is 16.3. The Hall–Kier alpha value is -2.06. The van der Waals surface area contributed by atoms with Gasteiger partial charge in [-0.3, -0.25) is 14.6 Å². The Morgan fingerprint density at radius 2 is 1.40 bits per heavy atom. The van der Waals surface area contributed by atoms with E-state index in [4.69, 9.17) is 10.2 Å². The highest BCUT2D eigenvalue weighted by molar-refractivity contribution is 5.95. The fourth-order valence-corrected chi connectivity index (χ4v) is 1.47.